The molecular weight excluding hydrogens is 482 g/mol. The highest BCUT2D eigenvalue weighted by Crippen LogP contribution is 2.09. The summed E-state index contributed by atoms with van der Waals surface area (Å²) in [5.41, 5.74) is 6.76. The second-order valence-electron chi connectivity index (χ2n) is 9.02. The largest absolute Gasteiger partial charge is 0.480 e. The molecule has 0 spiro atoms. The number of aliphatic carboxylic acids is 1. The van der Waals surface area contributed by atoms with E-state index in [2.05, 4.69) is 41.2 Å². The Morgan fingerprint density at radius 2 is 1.57 bits per heavy atom. The fourth-order valence-corrected chi connectivity index (χ4v) is 4.13. The zero-order chi connectivity index (χ0) is 26.6. The minimum absolute atomic E-state index is 0.00254. The van der Waals surface area contributed by atoms with Crippen LogP contribution < -0.4 is 27.0 Å². The van der Waals surface area contributed by atoms with Crippen molar-refractivity contribution in [3.8, 4) is 0 Å². The molecule has 202 valence electrons. The van der Waals surface area contributed by atoms with Gasteiger partial charge in [0, 0.05) is 36.6 Å². The van der Waals surface area contributed by atoms with Gasteiger partial charge in [-0.15, -0.1) is 0 Å². The zero-order valence-corrected chi connectivity index (χ0v) is 20.5. The SMILES string of the molecule is NCCCCC(NC(=O)C(Cc1cnc[nH]1)NC(=O)C1CCCN1)C(=O)NC(Cc1cnc[nH]1)C(=O)O. The fourth-order valence-electron chi connectivity index (χ4n) is 4.13. The van der Waals surface area contributed by atoms with Crippen LogP contribution in [0.25, 0.3) is 0 Å². The van der Waals surface area contributed by atoms with Crippen LogP contribution in [-0.4, -0.2) is 86.0 Å². The third kappa shape index (κ3) is 8.68. The molecule has 3 amide bonds. The molecule has 2 aromatic rings. The van der Waals surface area contributed by atoms with E-state index in [1.54, 1.807) is 6.20 Å². The third-order valence-electron chi connectivity index (χ3n) is 6.16. The summed E-state index contributed by atoms with van der Waals surface area (Å²) < 4.78 is 0. The molecule has 4 atom stereocenters. The van der Waals surface area contributed by atoms with Gasteiger partial charge < -0.3 is 42.1 Å². The molecule has 2 aromatic heterocycles. The first-order valence-electron chi connectivity index (χ1n) is 12.4. The van der Waals surface area contributed by atoms with Crippen LogP contribution >= 0.6 is 0 Å². The number of rotatable bonds is 15. The lowest BCUT2D eigenvalue weighted by atomic mass is 10.0. The number of carbonyl (C=O) groups is 4. The lowest BCUT2D eigenvalue weighted by Gasteiger charge is -2.25. The summed E-state index contributed by atoms with van der Waals surface area (Å²) >= 11 is 0. The Labute approximate surface area is 214 Å². The van der Waals surface area contributed by atoms with Crippen LogP contribution in [0.3, 0.4) is 0 Å². The van der Waals surface area contributed by atoms with Gasteiger partial charge >= 0.3 is 5.97 Å². The topological polar surface area (TPSA) is 220 Å². The molecular formula is C23H35N9O5. The summed E-state index contributed by atoms with van der Waals surface area (Å²) in [4.78, 5) is 64.5. The molecule has 9 N–H and O–H groups in total. The minimum atomic E-state index is -1.23. The Morgan fingerprint density at radius 3 is 2.11 bits per heavy atom. The number of amides is 3. The molecule has 0 saturated carbocycles. The average molecular weight is 518 g/mol. The maximum Gasteiger partial charge on any atom is 0.326 e. The fraction of sp³-hybridized carbons (Fsp3) is 0.565. The van der Waals surface area contributed by atoms with E-state index in [0.29, 0.717) is 37.2 Å². The van der Waals surface area contributed by atoms with E-state index in [1.165, 1.54) is 18.9 Å². The maximum absolute atomic E-state index is 13.3. The Hall–Kier alpha value is -3.78. The van der Waals surface area contributed by atoms with Crippen molar-refractivity contribution < 1.29 is 24.3 Å². The van der Waals surface area contributed by atoms with Crippen LogP contribution in [0.5, 0.6) is 0 Å². The number of aromatic amines is 2. The molecule has 0 radical (unpaired) electrons. The molecule has 1 aliphatic heterocycles. The normalized spacial score (nSPS) is 17.5. The summed E-state index contributed by atoms with van der Waals surface area (Å²) in [5, 5.41) is 20.7. The van der Waals surface area contributed by atoms with Gasteiger partial charge in [0.05, 0.1) is 18.7 Å². The number of H-pyrrole nitrogens is 2. The standard InChI is InChI=1S/C23H35N9O5/c24-6-2-1-4-17(21(34)32-19(23(36)37)9-15-11-26-13-29-15)30-22(35)18(8-14-10-25-12-28-14)31-20(33)16-5-3-7-27-16/h10-13,16-19,27H,1-9,24H2,(H,25,28)(H,26,29)(H,30,35)(H,31,33)(H,32,34)(H,36,37). The predicted octanol–water partition coefficient (Wildman–Crippen LogP) is -1.66. The van der Waals surface area contributed by atoms with Crippen LogP contribution in [0, 0.1) is 0 Å². The van der Waals surface area contributed by atoms with E-state index in [4.69, 9.17) is 5.73 Å². The summed E-state index contributed by atoms with van der Waals surface area (Å²) in [6.07, 6.45) is 9.00. The van der Waals surface area contributed by atoms with E-state index in [1.807, 2.05) is 0 Å². The lowest BCUT2D eigenvalue weighted by molar-refractivity contribution is -0.142. The van der Waals surface area contributed by atoms with Gasteiger partial charge in [-0.1, -0.05) is 0 Å². The molecule has 14 nitrogen and oxygen atoms in total. The first-order chi connectivity index (χ1) is 17.9. The summed E-state index contributed by atoms with van der Waals surface area (Å²) in [5.74, 6) is -2.72. The number of carboxylic acids is 1. The Balaban J connectivity index is 1.71. The van der Waals surface area contributed by atoms with E-state index >= 15 is 0 Å². The molecule has 0 aliphatic carbocycles. The summed E-state index contributed by atoms with van der Waals surface area (Å²) in [6, 6.07) is -3.61. The van der Waals surface area contributed by atoms with Crippen molar-refractivity contribution in [2.45, 2.75) is 69.1 Å². The van der Waals surface area contributed by atoms with Crippen molar-refractivity contribution in [3.63, 3.8) is 0 Å². The molecule has 0 bridgehead atoms. The van der Waals surface area contributed by atoms with E-state index < -0.39 is 35.9 Å². The smallest absolute Gasteiger partial charge is 0.326 e. The number of unbranched alkanes of at least 4 members (excludes halogenated alkanes) is 1. The van der Waals surface area contributed by atoms with Gasteiger partial charge in [0.25, 0.3) is 0 Å². The molecule has 14 heteroatoms. The van der Waals surface area contributed by atoms with Crippen molar-refractivity contribution in [2.75, 3.05) is 13.1 Å². The van der Waals surface area contributed by atoms with E-state index in [9.17, 15) is 24.3 Å². The lowest BCUT2D eigenvalue weighted by Crippen LogP contribution is -2.57. The van der Waals surface area contributed by atoms with Crippen molar-refractivity contribution in [3.05, 3.63) is 36.4 Å². The van der Waals surface area contributed by atoms with Crippen LogP contribution in [0.2, 0.25) is 0 Å². The summed E-state index contributed by atoms with van der Waals surface area (Å²) in [6.45, 7) is 1.13. The Morgan fingerprint density at radius 1 is 0.946 bits per heavy atom. The Bertz CT molecular complexity index is 1010. The van der Waals surface area contributed by atoms with E-state index in [0.717, 1.165) is 13.0 Å². The zero-order valence-electron chi connectivity index (χ0n) is 20.5. The van der Waals surface area contributed by atoms with Crippen molar-refractivity contribution in [1.82, 2.24) is 41.2 Å². The number of hydrogen-bond donors (Lipinski definition) is 8. The second kappa shape index (κ2) is 14.1. The molecule has 1 fully saturated rings. The van der Waals surface area contributed by atoms with Gasteiger partial charge in [-0.2, -0.15) is 0 Å². The number of imidazole rings is 2. The van der Waals surface area contributed by atoms with Gasteiger partial charge in [0.2, 0.25) is 17.7 Å². The van der Waals surface area contributed by atoms with Crippen molar-refractivity contribution >= 4 is 23.7 Å². The van der Waals surface area contributed by atoms with Gasteiger partial charge in [0.15, 0.2) is 0 Å². The monoisotopic (exact) mass is 517 g/mol. The molecule has 0 aromatic carbocycles. The van der Waals surface area contributed by atoms with Crippen molar-refractivity contribution in [1.29, 1.82) is 0 Å². The van der Waals surface area contributed by atoms with Gasteiger partial charge in [-0.3, -0.25) is 14.4 Å². The van der Waals surface area contributed by atoms with Crippen molar-refractivity contribution in [2.24, 2.45) is 5.73 Å². The van der Waals surface area contributed by atoms with Gasteiger partial charge in [-0.05, 0) is 45.2 Å². The average Bonchev–Trinajstić information content (AvgIpc) is 3.66. The minimum Gasteiger partial charge on any atom is -0.480 e. The molecule has 3 heterocycles. The van der Waals surface area contributed by atoms with Crippen LogP contribution in [0.4, 0.5) is 0 Å². The van der Waals surface area contributed by atoms with Crippen LogP contribution in [0.15, 0.2) is 25.0 Å². The first kappa shape index (κ1) is 27.8. The molecule has 4 unspecified atom stereocenters. The second-order valence-corrected chi connectivity index (χ2v) is 9.02. The predicted molar refractivity (Wildman–Crippen MR) is 132 cm³/mol. The quantitative estimate of drug-likeness (QED) is 0.126. The number of carboxylic acid groups (broad SMARTS) is 1. The third-order valence-corrected chi connectivity index (χ3v) is 6.16. The number of aromatic nitrogens is 4. The molecule has 1 aliphatic rings. The van der Waals surface area contributed by atoms with Crippen LogP contribution in [0.1, 0.15) is 43.5 Å². The Kier molecular flexibility index (Phi) is 10.6. The van der Waals surface area contributed by atoms with E-state index in [-0.39, 0.29) is 31.2 Å². The van der Waals surface area contributed by atoms with Gasteiger partial charge in [0.1, 0.15) is 18.1 Å². The maximum atomic E-state index is 13.3. The van der Waals surface area contributed by atoms with Gasteiger partial charge in [-0.25, -0.2) is 14.8 Å². The highest BCUT2D eigenvalue weighted by atomic mass is 16.4. The number of nitrogens with one attached hydrogen (secondary N) is 6. The number of carbonyl (C=O) groups excluding carboxylic acids is 3. The molecule has 3 rings (SSSR count). The molecule has 1 saturated heterocycles. The van der Waals surface area contributed by atoms with Crippen LogP contribution in [-0.2, 0) is 32.0 Å². The first-order valence-corrected chi connectivity index (χ1v) is 12.4. The highest BCUT2D eigenvalue weighted by Gasteiger charge is 2.32. The summed E-state index contributed by atoms with van der Waals surface area (Å²) in [7, 11) is 0. The number of hydrogen-bond acceptors (Lipinski definition) is 8. The number of nitrogens with zero attached hydrogens (tertiary/aromatic N) is 2. The highest BCUT2D eigenvalue weighted by molar-refractivity contribution is 5.94. The number of nitrogens with two attached hydrogens (primary N) is 1. The molecule has 37 heavy (non-hydrogen) atoms.